The van der Waals surface area contributed by atoms with Crippen molar-refractivity contribution >= 4 is 52.0 Å². The standard InChI is InChI=1S/C15H10Cl3N3O/c1-8-14(21-5-4-10(17)7-13(21)19-8)15(22)20-12-6-9(16)2-3-11(12)18/h2-7H,1H3,(H,20,22). The Labute approximate surface area is 141 Å². The van der Waals surface area contributed by atoms with E-state index in [1.807, 2.05) is 0 Å². The van der Waals surface area contributed by atoms with Crippen LogP contribution in [0.1, 0.15) is 16.2 Å². The van der Waals surface area contributed by atoms with Gasteiger partial charge in [-0.2, -0.15) is 0 Å². The zero-order chi connectivity index (χ0) is 15.9. The minimum Gasteiger partial charge on any atom is -0.319 e. The van der Waals surface area contributed by atoms with Crippen molar-refractivity contribution in [3.63, 3.8) is 0 Å². The summed E-state index contributed by atoms with van der Waals surface area (Å²) in [6.07, 6.45) is 1.70. The van der Waals surface area contributed by atoms with Crippen LogP contribution in [0.3, 0.4) is 0 Å². The van der Waals surface area contributed by atoms with Crippen molar-refractivity contribution in [3.05, 3.63) is 63.0 Å². The maximum absolute atomic E-state index is 12.6. The molecule has 3 rings (SSSR count). The van der Waals surface area contributed by atoms with Crippen molar-refractivity contribution in [2.24, 2.45) is 0 Å². The number of aromatic nitrogens is 2. The number of nitrogens with zero attached hydrogens (tertiary/aromatic N) is 2. The Balaban J connectivity index is 2.02. The van der Waals surface area contributed by atoms with Gasteiger partial charge in [0.15, 0.2) is 0 Å². The summed E-state index contributed by atoms with van der Waals surface area (Å²) in [4.78, 5) is 16.9. The minimum absolute atomic E-state index is 0.323. The smallest absolute Gasteiger partial charge is 0.274 e. The number of benzene rings is 1. The van der Waals surface area contributed by atoms with Gasteiger partial charge < -0.3 is 5.32 Å². The van der Waals surface area contributed by atoms with Crippen LogP contribution in [0.15, 0.2) is 36.5 Å². The number of rotatable bonds is 2. The van der Waals surface area contributed by atoms with Crippen LogP contribution in [-0.4, -0.2) is 15.3 Å². The van der Waals surface area contributed by atoms with E-state index in [0.717, 1.165) is 0 Å². The zero-order valence-corrected chi connectivity index (χ0v) is 13.7. The molecule has 1 aromatic carbocycles. The van der Waals surface area contributed by atoms with Crippen LogP contribution in [0.2, 0.25) is 15.1 Å². The van der Waals surface area contributed by atoms with Gasteiger partial charge in [-0.05, 0) is 31.2 Å². The number of nitrogens with one attached hydrogen (secondary N) is 1. The highest BCUT2D eigenvalue weighted by molar-refractivity contribution is 6.36. The molecule has 4 nitrogen and oxygen atoms in total. The number of carbonyl (C=O) groups excluding carboxylic acids is 1. The molecule has 0 aliphatic heterocycles. The van der Waals surface area contributed by atoms with Gasteiger partial charge in [-0.15, -0.1) is 0 Å². The summed E-state index contributed by atoms with van der Waals surface area (Å²) in [6.45, 7) is 1.76. The topological polar surface area (TPSA) is 46.4 Å². The predicted molar refractivity (Wildman–Crippen MR) is 89.4 cm³/mol. The van der Waals surface area contributed by atoms with Gasteiger partial charge in [0.25, 0.3) is 5.91 Å². The normalized spacial score (nSPS) is 10.9. The fourth-order valence-electron chi connectivity index (χ4n) is 2.19. The SMILES string of the molecule is Cc1nc2cc(Cl)ccn2c1C(=O)Nc1cc(Cl)ccc1Cl. The zero-order valence-electron chi connectivity index (χ0n) is 11.4. The summed E-state index contributed by atoms with van der Waals surface area (Å²) < 4.78 is 1.68. The van der Waals surface area contributed by atoms with E-state index in [1.54, 1.807) is 47.9 Å². The fraction of sp³-hybridized carbons (Fsp3) is 0.0667. The molecular formula is C15H10Cl3N3O. The number of halogens is 3. The van der Waals surface area contributed by atoms with Gasteiger partial charge in [-0.3, -0.25) is 9.20 Å². The van der Waals surface area contributed by atoms with Crippen LogP contribution < -0.4 is 5.32 Å². The molecule has 2 heterocycles. The molecule has 0 unspecified atom stereocenters. The highest BCUT2D eigenvalue weighted by Gasteiger charge is 2.18. The second-order valence-corrected chi connectivity index (χ2v) is 5.98. The molecule has 0 saturated carbocycles. The molecule has 7 heteroatoms. The molecule has 0 radical (unpaired) electrons. The first kappa shape index (κ1) is 15.2. The molecule has 112 valence electrons. The van der Waals surface area contributed by atoms with Crippen molar-refractivity contribution in [2.45, 2.75) is 6.92 Å². The predicted octanol–water partition coefficient (Wildman–Crippen LogP) is 4.86. The molecular weight excluding hydrogens is 345 g/mol. The molecule has 0 spiro atoms. The number of hydrogen-bond donors (Lipinski definition) is 1. The molecule has 0 aliphatic rings. The lowest BCUT2D eigenvalue weighted by atomic mass is 10.2. The molecule has 0 bridgehead atoms. The second-order valence-electron chi connectivity index (χ2n) is 4.70. The molecule has 1 amide bonds. The molecule has 22 heavy (non-hydrogen) atoms. The van der Waals surface area contributed by atoms with Crippen molar-refractivity contribution in [3.8, 4) is 0 Å². The lowest BCUT2D eigenvalue weighted by Gasteiger charge is -2.08. The minimum atomic E-state index is -0.323. The van der Waals surface area contributed by atoms with Crippen molar-refractivity contribution in [2.75, 3.05) is 5.32 Å². The average molecular weight is 355 g/mol. The van der Waals surface area contributed by atoms with Gasteiger partial charge in [0.2, 0.25) is 0 Å². The number of imidazole rings is 1. The van der Waals surface area contributed by atoms with Crippen LogP contribution in [0, 0.1) is 6.92 Å². The Bertz CT molecular complexity index is 889. The third kappa shape index (κ3) is 2.77. The monoisotopic (exact) mass is 353 g/mol. The lowest BCUT2D eigenvalue weighted by molar-refractivity contribution is 0.102. The van der Waals surface area contributed by atoms with Gasteiger partial charge >= 0.3 is 0 Å². The number of fused-ring (bicyclic) bond motifs is 1. The Kier molecular flexibility index (Phi) is 4.00. The molecule has 0 atom stereocenters. The first-order valence-corrected chi connectivity index (χ1v) is 7.49. The van der Waals surface area contributed by atoms with Crippen LogP contribution in [0.25, 0.3) is 5.65 Å². The summed E-state index contributed by atoms with van der Waals surface area (Å²) in [5, 5.41) is 4.21. The Morgan fingerprint density at radius 1 is 1.14 bits per heavy atom. The average Bonchev–Trinajstić information content (AvgIpc) is 2.77. The number of pyridine rings is 1. The van der Waals surface area contributed by atoms with Crippen molar-refractivity contribution in [1.29, 1.82) is 0 Å². The number of amides is 1. The van der Waals surface area contributed by atoms with Crippen LogP contribution >= 0.6 is 34.8 Å². The van der Waals surface area contributed by atoms with Crippen LogP contribution in [-0.2, 0) is 0 Å². The quantitative estimate of drug-likeness (QED) is 0.714. The van der Waals surface area contributed by atoms with E-state index in [9.17, 15) is 4.79 Å². The van der Waals surface area contributed by atoms with E-state index < -0.39 is 0 Å². The molecule has 0 saturated heterocycles. The van der Waals surface area contributed by atoms with Gasteiger partial charge in [0.05, 0.1) is 16.4 Å². The highest BCUT2D eigenvalue weighted by Crippen LogP contribution is 2.26. The molecule has 3 aromatic rings. The second kappa shape index (κ2) is 5.80. The Morgan fingerprint density at radius 3 is 2.64 bits per heavy atom. The third-order valence-electron chi connectivity index (χ3n) is 3.15. The van der Waals surface area contributed by atoms with Crippen molar-refractivity contribution in [1.82, 2.24) is 9.38 Å². The van der Waals surface area contributed by atoms with E-state index in [4.69, 9.17) is 34.8 Å². The van der Waals surface area contributed by atoms with E-state index in [2.05, 4.69) is 10.3 Å². The lowest BCUT2D eigenvalue weighted by Crippen LogP contribution is -2.15. The first-order chi connectivity index (χ1) is 10.5. The Morgan fingerprint density at radius 2 is 1.86 bits per heavy atom. The van der Waals surface area contributed by atoms with Crippen LogP contribution in [0.5, 0.6) is 0 Å². The number of carbonyl (C=O) groups is 1. The van der Waals surface area contributed by atoms with Crippen molar-refractivity contribution < 1.29 is 4.79 Å². The molecule has 1 N–H and O–H groups in total. The largest absolute Gasteiger partial charge is 0.319 e. The number of aryl methyl sites for hydroxylation is 1. The highest BCUT2D eigenvalue weighted by atomic mass is 35.5. The Hall–Kier alpha value is -1.75. The molecule has 0 fully saturated rings. The maximum atomic E-state index is 12.6. The van der Waals surface area contributed by atoms with E-state index in [1.165, 1.54) is 0 Å². The van der Waals surface area contributed by atoms with Gasteiger partial charge in [0.1, 0.15) is 11.3 Å². The van der Waals surface area contributed by atoms with E-state index in [-0.39, 0.29) is 5.91 Å². The summed E-state index contributed by atoms with van der Waals surface area (Å²) >= 11 is 17.9. The van der Waals surface area contributed by atoms with Gasteiger partial charge in [-0.25, -0.2) is 4.98 Å². The summed E-state index contributed by atoms with van der Waals surface area (Å²) in [7, 11) is 0. The first-order valence-electron chi connectivity index (χ1n) is 6.36. The fourth-order valence-corrected chi connectivity index (χ4v) is 2.68. The summed E-state index contributed by atoms with van der Waals surface area (Å²) in [5.41, 5.74) is 2.07. The summed E-state index contributed by atoms with van der Waals surface area (Å²) in [6, 6.07) is 8.26. The maximum Gasteiger partial charge on any atom is 0.274 e. The number of hydrogen-bond acceptors (Lipinski definition) is 2. The van der Waals surface area contributed by atoms with Gasteiger partial charge in [-0.1, -0.05) is 34.8 Å². The van der Waals surface area contributed by atoms with Crippen LogP contribution in [0.4, 0.5) is 5.69 Å². The van der Waals surface area contributed by atoms with Gasteiger partial charge in [0, 0.05) is 22.3 Å². The molecule has 2 aromatic heterocycles. The third-order valence-corrected chi connectivity index (χ3v) is 3.95. The molecule has 0 aliphatic carbocycles. The summed E-state index contributed by atoms with van der Waals surface area (Å²) in [5.74, 6) is -0.323. The van der Waals surface area contributed by atoms with E-state index >= 15 is 0 Å². The van der Waals surface area contributed by atoms with E-state index in [0.29, 0.717) is 37.8 Å². The number of anilines is 1.